The van der Waals surface area contributed by atoms with Crippen molar-refractivity contribution in [3.63, 3.8) is 0 Å². The highest BCUT2D eigenvalue weighted by Gasteiger charge is 2.16. The summed E-state index contributed by atoms with van der Waals surface area (Å²) in [6, 6.07) is 10.8. The van der Waals surface area contributed by atoms with Crippen molar-refractivity contribution in [2.24, 2.45) is 0 Å². The highest BCUT2D eigenvalue weighted by Crippen LogP contribution is 2.19. The van der Waals surface area contributed by atoms with Gasteiger partial charge in [-0.15, -0.1) is 0 Å². The van der Waals surface area contributed by atoms with Crippen LogP contribution in [-0.2, 0) is 4.74 Å². The summed E-state index contributed by atoms with van der Waals surface area (Å²) in [5, 5.41) is 0. The summed E-state index contributed by atoms with van der Waals surface area (Å²) in [6.07, 6.45) is 2.95. The molecule has 5 nitrogen and oxygen atoms in total. The zero-order valence-corrected chi connectivity index (χ0v) is 12.8. The van der Waals surface area contributed by atoms with Gasteiger partial charge in [-0.05, 0) is 24.3 Å². The number of Topliss-reactive ketones (excluding diaryl/α,β-unsaturated/α-hetero) is 2. The van der Waals surface area contributed by atoms with Crippen LogP contribution in [0, 0.1) is 0 Å². The third-order valence-electron chi connectivity index (χ3n) is 3.85. The molecule has 118 valence electrons. The second kappa shape index (κ2) is 7.15. The van der Waals surface area contributed by atoms with Crippen LogP contribution in [0.4, 0.5) is 5.69 Å². The summed E-state index contributed by atoms with van der Waals surface area (Å²) in [4.78, 5) is 30.6. The maximum atomic E-state index is 12.4. The van der Waals surface area contributed by atoms with Crippen LogP contribution in [-0.4, -0.2) is 42.9 Å². The largest absolute Gasteiger partial charge is 0.378 e. The van der Waals surface area contributed by atoms with Gasteiger partial charge in [0.15, 0.2) is 11.6 Å². The summed E-state index contributed by atoms with van der Waals surface area (Å²) in [5.74, 6) is -0.381. The molecule has 1 aliphatic rings. The van der Waals surface area contributed by atoms with Crippen LogP contribution < -0.4 is 4.90 Å². The number of carbonyl (C=O) groups excluding carboxylic acids is 2. The third-order valence-corrected chi connectivity index (χ3v) is 3.85. The molecule has 1 aromatic heterocycles. The van der Waals surface area contributed by atoms with Crippen LogP contribution in [0.15, 0.2) is 48.8 Å². The number of nitrogens with zero attached hydrogens (tertiary/aromatic N) is 2. The van der Waals surface area contributed by atoms with Gasteiger partial charge in [0.25, 0.3) is 0 Å². The van der Waals surface area contributed by atoms with E-state index in [9.17, 15) is 9.59 Å². The van der Waals surface area contributed by atoms with E-state index in [0.717, 1.165) is 18.8 Å². The van der Waals surface area contributed by atoms with Crippen molar-refractivity contribution < 1.29 is 14.3 Å². The Morgan fingerprint density at radius 1 is 1.04 bits per heavy atom. The number of aromatic nitrogens is 1. The quantitative estimate of drug-likeness (QED) is 0.627. The second-order valence-corrected chi connectivity index (χ2v) is 5.41. The predicted molar refractivity (Wildman–Crippen MR) is 87.0 cm³/mol. The van der Waals surface area contributed by atoms with Crippen molar-refractivity contribution in [2.75, 3.05) is 31.2 Å². The first-order valence-corrected chi connectivity index (χ1v) is 7.63. The zero-order chi connectivity index (χ0) is 16.1. The van der Waals surface area contributed by atoms with E-state index in [2.05, 4.69) is 9.88 Å². The van der Waals surface area contributed by atoms with Crippen LogP contribution in [0.25, 0.3) is 0 Å². The summed E-state index contributed by atoms with van der Waals surface area (Å²) in [7, 11) is 0. The molecule has 2 aromatic rings. The van der Waals surface area contributed by atoms with E-state index >= 15 is 0 Å². The Kier molecular flexibility index (Phi) is 4.78. The fraction of sp³-hybridized carbons (Fsp3) is 0.278. The molecule has 0 atom stereocenters. The molecule has 0 aliphatic carbocycles. The third kappa shape index (κ3) is 3.81. The minimum atomic E-state index is -0.208. The minimum absolute atomic E-state index is 0.141. The van der Waals surface area contributed by atoms with Crippen LogP contribution in [0.1, 0.15) is 27.1 Å². The van der Waals surface area contributed by atoms with Crippen molar-refractivity contribution >= 4 is 17.3 Å². The highest BCUT2D eigenvalue weighted by atomic mass is 16.5. The molecule has 0 spiro atoms. The van der Waals surface area contributed by atoms with Crippen LogP contribution in [0.5, 0.6) is 0 Å². The Labute approximate surface area is 134 Å². The first-order chi connectivity index (χ1) is 11.2. The average Bonchev–Trinajstić information content (AvgIpc) is 2.63. The van der Waals surface area contributed by atoms with Gasteiger partial charge in [0.05, 0.1) is 19.6 Å². The van der Waals surface area contributed by atoms with Crippen LogP contribution >= 0.6 is 0 Å². The maximum absolute atomic E-state index is 12.4. The molecule has 3 rings (SSSR count). The summed E-state index contributed by atoms with van der Waals surface area (Å²) in [6.45, 7) is 3.01. The van der Waals surface area contributed by atoms with Gasteiger partial charge in [0, 0.05) is 42.3 Å². The summed E-state index contributed by atoms with van der Waals surface area (Å²) >= 11 is 0. The van der Waals surface area contributed by atoms with Gasteiger partial charge in [0.2, 0.25) is 0 Å². The van der Waals surface area contributed by atoms with E-state index in [1.54, 1.807) is 24.4 Å². The number of hydrogen-bond acceptors (Lipinski definition) is 5. The molecular weight excluding hydrogens is 292 g/mol. The lowest BCUT2D eigenvalue weighted by Gasteiger charge is -2.29. The number of morpholine rings is 1. The fourth-order valence-electron chi connectivity index (χ4n) is 2.58. The summed E-state index contributed by atoms with van der Waals surface area (Å²) < 4.78 is 5.34. The molecule has 0 saturated carbocycles. The number of ether oxygens (including phenoxy) is 1. The number of rotatable bonds is 5. The predicted octanol–water partition coefficient (Wildman–Crippen LogP) is 2.37. The van der Waals surface area contributed by atoms with Crippen molar-refractivity contribution in [2.45, 2.75) is 6.42 Å². The van der Waals surface area contributed by atoms with E-state index in [-0.39, 0.29) is 18.0 Å². The normalized spacial score (nSPS) is 14.5. The monoisotopic (exact) mass is 310 g/mol. The van der Waals surface area contributed by atoms with E-state index in [0.29, 0.717) is 24.3 Å². The molecular formula is C18H18N2O3. The van der Waals surface area contributed by atoms with Gasteiger partial charge in [-0.3, -0.25) is 14.6 Å². The van der Waals surface area contributed by atoms with Crippen LogP contribution in [0.3, 0.4) is 0 Å². The molecule has 0 radical (unpaired) electrons. The molecule has 0 bridgehead atoms. The molecule has 5 heteroatoms. The second-order valence-electron chi connectivity index (χ2n) is 5.41. The molecule has 1 saturated heterocycles. The first kappa shape index (κ1) is 15.4. The lowest BCUT2D eigenvalue weighted by Crippen LogP contribution is -2.36. The standard InChI is InChI=1S/C18H18N2O3/c21-17(12-18(22)15-4-2-6-19-13-15)14-3-1-5-16(11-14)20-7-9-23-10-8-20/h1-6,11,13H,7-10,12H2. The van der Waals surface area contributed by atoms with Crippen molar-refractivity contribution in [3.05, 3.63) is 59.9 Å². The SMILES string of the molecule is O=C(CC(=O)c1cccc(N2CCOCC2)c1)c1cccnc1. The molecule has 23 heavy (non-hydrogen) atoms. The first-order valence-electron chi connectivity index (χ1n) is 7.63. The van der Waals surface area contributed by atoms with Gasteiger partial charge in [-0.2, -0.15) is 0 Å². The Morgan fingerprint density at radius 3 is 2.52 bits per heavy atom. The van der Waals surface area contributed by atoms with Gasteiger partial charge in [-0.1, -0.05) is 12.1 Å². The number of hydrogen-bond donors (Lipinski definition) is 0. The van der Waals surface area contributed by atoms with E-state index in [1.807, 2.05) is 18.2 Å². The number of pyridine rings is 1. The smallest absolute Gasteiger partial charge is 0.172 e. The van der Waals surface area contributed by atoms with Crippen molar-refractivity contribution in [3.8, 4) is 0 Å². The van der Waals surface area contributed by atoms with E-state index in [4.69, 9.17) is 4.74 Å². The molecule has 0 amide bonds. The Balaban J connectivity index is 1.71. The van der Waals surface area contributed by atoms with Crippen molar-refractivity contribution in [1.82, 2.24) is 4.98 Å². The van der Waals surface area contributed by atoms with Gasteiger partial charge in [-0.25, -0.2) is 0 Å². The molecule has 1 aromatic carbocycles. The van der Waals surface area contributed by atoms with Crippen molar-refractivity contribution in [1.29, 1.82) is 0 Å². The molecule has 1 fully saturated rings. The lowest BCUT2D eigenvalue weighted by atomic mass is 10.0. The molecule has 0 N–H and O–H groups in total. The highest BCUT2D eigenvalue weighted by molar-refractivity contribution is 6.13. The van der Waals surface area contributed by atoms with E-state index in [1.165, 1.54) is 6.20 Å². The minimum Gasteiger partial charge on any atom is -0.378 e. The average molecular weight is 310 g/mol. The Hall–Kier alpha value is -2.53. The maximum Gasteiger partial charge on any atom is 0.172 e. The van der Waals surface area contributed by atoms with Gasteiger partial charge >= 0.3 is 0 Å². The Morgan fingerprint density at radius 2 is 1.78 bits per heavy atom. The van der Waals surface area contributed by atoms with Gasteiger partial charge in [0.1, 0.15) is 0 Å². The molecule has 0 unspecified atom stereocenters. The number of ketones is 2. The topological polar surface area (TPSA) is 59.5 Å². The summed E-state index contributed by atoms with van der Waals surface area (Å²) in [5.41, 5.74) is 2.02. The zero-order valence-electron chi connectivity index (χ0n) is 12.8. The number of anilines is 1. The van der Waals surface area contributed by atoms with E-state index < -0.39 is 0 Å². The Bertz CT molecular complexity index is 694. The molecule has 2 heterocycles. The lowest BCUT2D eigenvalue weighted by molar-refractivity contribution is 0.0894. The fourth-order valence-corrected chi connectivity index (χ4v) is 2.58. The number of carbonyl (C=O) groups is 2. The number of benzene rings is 1. The van der Waals surface area contributed by atoms with Crippen LogP contribution in [0.2, 0.25) is 0 Å². The molecule has 1 aliphatic heterocycles. The van der Waals surface area contributed by atoms with Gasteiger partial charge < -0.3 is 9.64 Å².